The van der Waals surface area contributed by atoms with E-state index in [1.54, 1.807) is 0 Å². The molecule has 1 aromatic carbocycles. The van der Waals surface area contributed by atoms with Crippen LogP contribution in [0.3, 0.4) is 0 Å². The summed E-state index contributed by atoms with van der Waals surface area (Å²) >= 11 is 0. The molecule has 0 spiro atoms. The van der Waals surface area contributed by atoms with E-state index in [2.05, 4.69) is 42.6 Å². The first-order valence-corrected chi connectivity index (χ1v) is 8.13. The Bertz CT molecular complexity index is 368. The lowest BCUT2D eigenvalue weighted by molar-refractivity contribution is -0.0523. The molecule has 1 unspecified atom stereocenters. The summed E-state index contributed by atoms with van der Waals surface area (Å²) in [5.41, 5.74) is 1.42. The van der Waals surface area contributed by atoms with Crippen LogP contribution in [0.5, 0.6) is 0 Å². The van der Waals surface area contributed by atoms with Gasteiger partial charge in [-0.05, 0) is 31.4 Å². The van der Waals surface area contributed by atoms with E-state index in [0.717, 1.165) is 13.0 Å². The number of methoxy groups -OCH3 is 1. The number of rotatable bonds is 6. The number of hydrogen-bond acceptors (Lipinski definition) is 2. The van der Waals surface area contributed by atoms with Crippen LogP contribution >= 0.6 is 0 Å². The number of likely N-dealkylation sites (N-methyl/N-ethyl adjacent to an activating group) is 1. The van der Waals surface area contributed by atoms with Gasteiger partial charge >= 0.3 is 0 Å². The molecule has 1 fully saturated rings. The summed E-state index contributed by atoms with van der Waals surface area (Å²) in [4.78, 5) is 0. The molecule has 1 atom stereocenters. The molecule has 0 aliphatic heterocycles. The van der Waals surface area contributed by atoms with Crippen LogP contribution in [0.4, 0.5) is 0 Å². The van der Waals surface area contributed by atoms with Crippen LogP contribution < -0.4 is 5.32 Å². The molecule has 1 N–H and O–H groups in total. The summed E-state index contributed by atoms with van der Waals surface area (Å²) in [6.07, 6.45) is 8.74. The zero-order chi connectivity index (χ0) is 14.3. The van der Waals surface area contributed by atoms with Crippen molar-refractivity contribution in [3.05, 3.63) is 35.9 Å². The molecule has 0 aromatic heterocycles. The van der Waals surface area contributed by atoms with E-state index < -0.39 is 0 Å². The standard InChI is InChI=1S/C18H29NO/c1-3-19-17(15-16-11-7-6-8-12-16)18(20-2)13-9-4-5-10-14-18/h6-8,11-12,17,19H,3-5,9-10,13-15H2,1-2H3. The third kappa shape index (κ3) is 3.83. The monoisotopic (exact) mass is 275 g/mol. The molecule has 2 rings (SSSR count). The van der Waals surface area contributed by atoms with Crippen molar-refractivity contribution >= 4 is 0 Å². The Morgan fingerprint density at radius 1 is 1.10 bits per heavy atom. The van der Waals surface area contributed by atoms with Crippen LogP contribution in [-0.4, -0.2) is 25.3 Å². The Kier molecular flexibility index (Phi) is 6.06. The minimum Gasteiger partial charge on any atom is -0.377 e. The smallest absolute Gasteiger partial charge is 0.0834 e. The molecule has 0 saturated heterocycles. The average molecular weight is 275 g/mol. The fourth-order valence-corrected chi connectivity index (χ4v) is 3.56. The fourth-order valence-electron chi connectivity index (χ4n) is 3.56. The van der Waals surface area contributed by atoms with Crippen molar-refractivity contribution in [1.29, 1.82) is 0 Å². The van der Waals surface area contributed by atoms with E-state index in [1.165, 1.54) is 44.1 Å². The fraction of sp³-hybridized carbons (Fsp3) is 0.667. The van der Waals surface area contributed by atoms with Gasteiger partial charge in [0.25, 0.3) is 0 Å². The van der Waals surface area contributed by atoms with Gasteiger partial charge in [0.1, 0.15) is 0 Å². The van der Waals surface area contributed by atoms with Gasteiger partial charge in [-0.3, -0.25) is 0 Å². The highest BCUT2D eigenvalue weighted by Crippen LogP contribution is 2.34. The van der Waals surface area contributed by atoms with Gasteiger partial charge in [0, 0.05) is 13.2 Å². The third-order valence-corrected chi connectivity index (χ3v) is 4.72. The summed E-state index contributed by atoms with van der Waals surface area (Å²) in [7, 11) is 1.90. The largest absolute Gasteiger partial charge is 0.377 e. The van der Waals surface area contributed by atoms with E-state index in [-0.39, 0.29) is 5.60 Å². The Morgan fingerprint density at radius 3 is 2.30 bits per heavy atom. The molecule has 1 saturated carbocycles. The minimum atomic E-state index is 0.0162. The molecule has 2 nitrogen and oxygen atoms in total. The molecule has 1 aliphatic carbocycles. The highest BCUT2D eigenvalue weighted by Gasteiger charge is 2.38. The van der Waals surface area contributed by atoms with Crippen molar-refractivity contribution in [3.8, 4) is 0 Å². The number of ether oxygens (including phenoxy) is 1. The second-order valence-electron chi connectivity index (χ2n) is 5.98. The second-order valence-corrected chi connectivity index (χ2v) is 5.98. The average Bonchev–Trinajstić information content (AvgIpc) is 2.74. The number of nitrogens with one attached hydrogen (secondary N) is 1. The summed E-state index contributed by atoms with van der Waals surface area (Å²) in [6, 6.07) is 11.2. The van der Waals surface area contributed by atoms with Gasteiger partial charge in [0.15, 0.2) is 0 Å². The highest BCUT2D eigenvalue weighted by atomic mass is 16.5. The molecular weight excluding hydrogens is 246 g/mol. The third-order valence-electron chi connectivity index (χ3n) is 4.72. The molecule has 112 valence electrons. The van der Waals surface area contributed by atoms with Crippen molar-refractivity contribution in [3.63, 3.8) is 0 Å². The maximum absolute atomic E-state index is 6.08. The van der Waals surface area contributed by atoms with Crippen molar-refractivity contribution in [1.82, 2.24) is 5.32 Å². The van der Waals surface area contributed by atoms with Gasteiger partial charge in [-0.15, -0.1) is 0 Å². The van der Waals surface area contributed by atoms with Gasteiger partial charge < -0.3 is 10.1 Å². The zero-order valence-corrected chi connectivity index (χ0v) is 13.0. The molecule has 2 heteroatoms. The minimum absolute atomic E-state index is 0.0162. The van der Waals surface area contributed by atoms with Crippen LogP contribution in [0.15, 0.2) is 30.3 Å². The summed E-state index contributed by atoms with van der Waals surface area (Å²) in [5, 5.41) is 3.70. The lowest BCUT2D eigenvalue weighted by Crippen LogP contribution is -2.53. The first-order valence-electron chi connectivity index (χ1n) is 8.13. The summed E-state index contributed by atoms with van der Waals surface area (Å²) in [6.45, 7) is 3.20. The van der Waals surface area contributed by atoms with Gasteiger partial charge in [0.05, 0.1) is 5.60 Å². The van der Waals surface area contributed by atoms with Gasteiger partial charge in [-0.25, -0.2) is 0 Å². The number of benzene rings is 1. The van der Waals surface area contributed by atoms with E-state index in [9.17, 15) is 0 Å². The Morgan fingerprint density at radius 2 is 1.75 bits per heavy atom. The van der Waals surface area contributed by atoms with Gasteiger partial charge in [-0.2, -0.15) is 0 Å². The molecule has 1 aromatic rings. The predicted molar refractivity (Wildman–Crippen MR) is 85.1 cm³/mol. The van der Waals surface area contributed by atoms with Crippen LogP contribution in [0.1, 0.15) is 51.0 Å². The quantitative estimate of drug-likeness (QED) is 0.794. The Hall–Kier alpha value is -0.860. The normalized spacial score (nSPS) is 20.3. The van der Waals surface area contributed by atoms with E-state index >= 15 is 0 Å². The summed E-state index contributed by atoms with van der Waals surface area (Å²) in [5.74, 6) is 0. The van der Waals surface area contributed by atoms with Gasteiger partial charge in [0.2, 0.25) is 0 Å². The predicted octanol–water partition coefficient (Wildman–Crippen LogP) is 3.95. The van der Waals surface area contributed by atoms with E-state index in [0.29, 0.717) is 6.04 Å². The SMILES string of the molecule is CCNC(Cc1ccccc1)C1(OC)CCCCCC1. The van der Waals surface area contributed by atoms with Crippen LogP contribution in [-0.2, 0) is 11.2 Å². The lowest BCUT2D eigenvalue weighted by atomic mass is 9.82. The maximum atomic E-state index is 6.08. The molecule has 1 aliphatic rings. The molecule has 0 amide bonds. The van der Waals surface area contributed by atoms with Crippen molar-refractivity contribution in [2.75, 3.05) is 13.7 Å². The van der Waals surface area contributed by atoms with Gasteiger partial charge in [-0.1, -0.05) is 62.9 Å². The topological polar surface area (TPSA) is 21.3 Å². The zero-order valence-electron chi connectivity index (χ0n) is 13.0. The Labute approximate surface area is 123 Å². The Balaban J connectivity index is 2.15. The molecule has 20 heavy (non-hydrogen) atoms. The first kappa shape index (κ1) is 15.5. The van der Waals surface area contributed by atoms with Crippen molar-refractivity contribution in [2.45, 2.75) is 63.5 Å². The van der Waals surface area contributed by atoms with Crippen LogP contribution in [0, 0.1) is 0 Å². The maximum Gasteiger partial charge on any atom is 0.0834 e. The van der Waals surface area contributed by atoms with Crippen molar-refractivity contribution in [2.24, 2.45) is 0 Å². The van der Waals surface area contributed by atoms with Crippen LogP contribution in [0.2, 0.25) is 0 Å². The first-order chi connectivity index (χ1) is 9.80. The van der Waals surface area contributed by atoms with E-state index in [1.807, 2.05) is 7.11 Å². The summed E-state index contributed by atoms with van der Waals surface area (Å²) < 4.78 is 6.08. The van der Waals surface area contributed by atoms with Crippen molar-refractivity contribution < 1.29 is 4.74 Å². The van der Waals surface area contributed by atoms with E-state index in [4.69, 9.17) is 4.74 Å². The molecular formula is C18H29NO. The number of hydrogen-bond donors (Lipinski definition) is 1. The lowest BCUT2D eigenvalue weighted by Gasteiger charge is -2.40. The molecule has 0 heterocycles. The second kappa shape index (κ2) is 7.80. The van der Waals surface area contributed by atoms with Crippen LogP contribution in [0.25, 0.3) is 0 Å². The molecule has 0 bridgehead atoms. The molecule has 0 radical (unpaired) electrons. The highest BCUT2D eigenvalue weighted by molar-refractivity contribution is 5.17.